The minimum Gasteiger partial charge on any atom is -0.0961 e. The second-order valence-corrected chi connectivity index (χ2v) is 3.84. The summed E-state index contributed by atoms with van der Waals surface area (Å²) >= 11 is 0. The summed E-state index contributed by atoms with van der Waals surface area (Å²) in [6.07, 6.45) is 5.84. The first-order valence-electron chi connectivity index (χ1n) is 6.90. The van der Waals surface area contributed by atoms with Gasteiger partial charge >= 0.3 is 0 Å². The highest BCUT2D eigenvalue weighted by Crippen LogP contribution is 2.15. The molecule has 0 aliphatic rings. The topological polar surface area (TPSA) is 0 Å². The van der Waals surface area contributed by atoms with Crippen LogP contribution in [0.2, 0.25) is 0 Å². The zero-order chi connectivity index (χ0) is 16.0. The summed E-state index contributed by atoms with van der Waals surface area (Å²) < 4.78 is 0. The van der Waals surface area contributed by atoms with Crippen molar-refractivity contribution in [3.63, 3.8) is 0 Å². The van der Waals surface area contributed by atoms with E-state index in [-0.39, 0.29) is 0 Å². The third-order valence-electron chi connectivity index (χ3n) is 2.05. The fourth-order valence-electron chi connectivity index (χ4n) is 0.827. The fraction of sp³-hybridized carbons (Fsp3) is 0.368. The van der Waals surface area contributed by atoms with Crippen LogP contribution in [-0.2, 0) is 0 Å². The molecule has 0 bridgehead atoms. The summed E-state index contributed by atoms with van der Waals surface area (Å²) in [5, 5.41) is 0. The van der Waals surface area contributed by atoms with Crippen LogP contribution in [0, 0.1) is 0 Å². The van der Waals surface area contributed by atoms with Gasteiger partial charge in [0.1, 0.15) is 0 Å². The van der Waals surface area contributed by atoms with Gasteiger partial charge in [-0.1, -0.05) is 83.4 Å². The van der Waals surface area contributed by atoms with Gasteiger partial charge in [-0.3, -0.25) is 0 Å². The summed E-state index contributed by atoms with van der Waals surface area (Å²) in [7, 11) is 0. The summed E-state index contributed by atoms with van der Waals surface area (Å²) in [6.45, 7) is 29.5. The predicted molar refractivity (Wildman–Crippen MR) is 93.5 cm³/mol. The summed E-state index contributed by atoms with van der Waals surface area (Å²) in [5.74, 6) is 0. The first kappa shape index (κ1) is 22.6. The Morgan fingerprint density at radius 1 is 0.684 bits per heavy atom. The molecule has 0 atom stereocenters. The molecule has 0 rings (SSSR count). The van der Waals surface area contributed by atoms with Crippen LogP contribution in [0.25, 0.3) is 0 Å². The largest absolute Gasteiger partial charge is 0.0961 e. The van der Waals surface area contributed by atoms with E-state index in [0.29, 0.717) is 0 Å². The monoisotopic (exact) mass is 260 g/mol. The van der Waals surface area contributed by atoms with Gasteiger partial charge in [0, 0.05) is 0 Å². The normalized spacial score (nSPS) is 9.74. The Bertz CT molecular complexity index is 359. The van der Waals surface area contributed by atoms with Gasteiger partial charge < -0.3 is 0 Å². The molecular weight excluding hydrogens is 228 g/mol. The van der Waals surface area contributed by atoms with Crippen molar-refractivity contribution in [3.05, 3.63) is 72.4 Å². The number of rotatable bonds is 5. The van der Waals surface area contributed by atoms with E-state index in [9.17, 15) is 0 Å². The van der Waals surface area contributed by atoms with Crippen LogP contribution in [0.3, 0.4) is 0 Å². The molecule has 0 spiro atoms. The van der Waals surface area contributed by atoms with E-state index in [2.05, 4.69) is 26.3 Å². The fourth-order valence-corrected chi connectivity index (χ4v) is 0.827. The van der Waals surface area contributed by atoms with E-state index in [0.717, 1.165) is 27.9 Å². The van der Waals surface area contributed by atoms with Crippen LogP contribution in [0.5, 0.6) is 0 Å². The summed E-state index contributed by atoms with van der Waals surface area (Å²) in [6, 6.07) is 0. The average Bonchev–Trinajstić information content (AvgIpc) is 2.40. The van der Waals surface area contributed by atoms with Gasteiger partial charge in [-0.2, -0.15) is 0 Å². The van der Waals surface area contributed by atoms with Crippen molar-refractivity contribution in [1.29, 1.82) is 0 Å². The van der Waals surface area contributed by atoms with Crippen molar-refractivity contribution in [1.82, 2.24) is 0 Å². The Balaban J connectivity index is -0.000000579. The van der Waals surface area contributed by atoms with Crippen LogP contribution in [0.4, 0.5) is 0 Å². The molecule has 0 radical (unpaired) electrons. The SMILES string of the molecule is C=C(C)/C=C\C(=C)C(=C)/C=C(/C)C(=C)C.CC.CC. The van der Waals surface area contributed by atoms with E-state index < -0.39 is 0 Å². The number of hydrogen-bond acceptors (Lipinski definition) is 0. The molecule has 0 unspecified atom stereocenters. The maximum atomic E-state index is 3.96. The Morgan fingerprint density at radius 3 is 1.42 bits per heavy atom. The molecule has 0 aromatic heterocycles. The quantitative estimate of drug-likeness (QED) is 0.476. The third-order valence-corrected chi connectivity index (χ3v) is 2.05. The van der Waals surface area contributed by atoms with Crippen LogP contribution in [0.1, 0.15) is 48.5 Å². The van der Waals surface area contributed by atoms with Crippen molar-refractivity contribution < 1.29 is 0 Å². The van der Waals surface area contributed by atoms with Crippen LogP contribution in [-0.4, -0.2) is 0 Å². The Morgan fingerprint density at radius 2 is 1.11 bits per heavy atom. The van der Waals surface area contributed by atoms with Crippen molar-refractivity contribution in [2.75, 3.05) is 0 Å². The van der Waals surface area contributed by atoms with E-state index in [1.54, 1.807) is 0 Å². The molecule has 0 aliphatic carbocycles. The Labute approximate surface area is 121 Å². The van der Waals surface area contributed by atoms with Gasteiger partial charge in [-0.15, -0.1) is 0 Å². The molecule has 0 fully saturated rings. The highest BCUT2D eigenvalue weighted by atomic mass is 14.0. The molecule has 0 heterocycles. The molecule has 0 amide bonds. The maximum absolute atomic E-state index is 3.96. The molecule has 108 valence electrons. The third kappa shape index (κ3) is 14.4. The van der Waals surface area contributed by atoms with Crippen molar-refractivity contribution in [2.24, 2.45) is 0 Å². The van der Waals surface area contributed by atoms with Crippen molar-refractivity contribution >= 4 is 0 Å². The average molecular weight is 260 g/mol. The van der Waals surface area contributed by atoms with E-state index in [4.69, 9.17) is 0 Å². The molecule has 0 saturated carbocycles. The van der Waals surface area contributed by atoms with E-state index in [1.807, 2.05) is 66.7 Å². The van der Waals surface area contributed by atoms with Crippen molar-refractivity contribution in [3.8, 4) is 0 Å². The Kier molecular flexibility index (Phi) is 17.3. The standard InChI is InChI=1S/C15H20.2C2H6/c1-11(2)8-9-13(5)15(7)10-14(6)12(3)4;2*1-2/h8-10H,1,3,5,7H2,2,4,6H3;2*1-2H3/b9-8-,14-10-;;. The minimum absolute atomic E-state index is 0.901. The van der Waals surface area contributed by atoms with Crippen LogP contribution >= 0.6 is 0 Å². The molecule has 0 nitrogen and oxygen atoms in total. The number of hydrogen-bond donors (Lipinski definition) is 0. The van der Waals surface area contributed by atoms with Gasteiger partial charge in [-0.05, 0) is 37.5 Å². The van der Waals surface area contributed by atoms with E-state index >= 15 is 0 Å². The molecule has 0 aliphatic heterocycles. The van der Waals surface area contributed by atoms with Gasteiger partial charge in [0.15, 0.2) is 0 Å². The molecule has 0 aromatic carbocycles. The zero-order valence-electron chi connectivity index (χ0n) is 14.1. The minimum atomic E-state index is 0.901. The van der Waals surface area contributed by atoms with Crippen LogP contribution < -0.4 is 0 Å². The lowest BCUT2D eigenvalue weighted by molar-refractivity contribution is 1.35. The molecule has 0 aromatic rings. The van der Waals surface area contributed by atoms with Gasteiger partial charge in [0.05, 0.1) is 0 Å². The molecule has 0 N–H and O–H groups in total. The predicted octanol–water partition coefficient (Wildman–Crippen LogP) is 6.81. The lowest BCUT2D eigenvalue weighted by Crippen LogP contribution is -1.83. The van der Waals surface area contributed by atoms with Crippen LogP contribution in [0.15, 0.2) is 72.4 Å². The smallest absolute Gasteiger partial charge is 0.0259 e. The first-order chi connectivity index (χ1) is 8.84. The summed E-state index contributed by atoms with van der Waals surface area (Å²) in [5.41, 5.74) is 4.99. The maximum Gasteiger partial charge on any atom is -0.0259 e. The van der Waals surface area contributed by atoms with Gasteiger partial charge in [-0.25, -0.2) is 0 Å². The lowest BCUT2D eigenvalue weighted by atomic mass is 10.0. The molecular formula is C19H32. The highest BCUT2D eigenvalue weighted by Gasteiger charge is 1.95. The lowest BCUT2D eigenvalue weighted by Gasteiger charge is -2.03. The van der Waals surface area contributed by atoms with Gasteiger partial charge in [0.2, 0.25) is 0 Å². The van der Waals surface area contributed by atoms with Crippen molar-refractivity contribution in [2.45, 2.75) is 48.5 Å². The zero-order valence-corrected chi connectivity index (χ0v) is 14.1. The molecule has 19 heavy (non-hydrogen) atoms. The molecule has 0 heteroatoms. The second kappa shape index (κ2) is 14.5. The Hall–Kier alpha value is -1.56. The first-order valence-corrected chi connectivity index (χ1v) is 6.90. The highest BCUT2D eigenvalue weighted by molar-refractivity contribution is 5.47. The second-order valence-electron chi connectivity index (χ2n) is 3.84. The van der Waals surface area contributed by atoms with Gasteiger partial charge in [0.25, 0.3) is 0 Å². The summed E-state index contributed by atoms with van der Waals surface area (Å²) in [4.78, 5) is 0. The van der Waals surface area contributed by atoms with E-state index in [1.165, 1.54) is 0 Å². The molecule has 0 saturated heterocycles. The number of allylic oxidation sites excluding steroid dienone is 8.